The Morgan fingerprint density at radius 2 is 1.92 bits per heavy atom. The second-order valence-corrected chi connectivity index (χ2v) is 6.74. The van der Waals surface area contributed by atoms with Crippen molar-refractivity contribution in [2.75, 3.05) is 10.6 Å². The predicted octanol–water partition coefficient (Wildman–Crippen LogP) is 3.10. The average molecular weight is 378 g/mol. The minimum Gasteiger partial charge on any atom is -0.478 e. The molecule has 0 radical (unpaired) electrons. The Labute approximate surface area is 150 Å². The van der Waals surface area contributed by atoms with Gasteiger partial charge in [-0.05, 0) is 30.3 Å². The molecule has 0 unspecified atom stereocenters. The molecule has 0 aliphatic carbocycles. The standard InChI is InChI=1S/C17H12F2N2O4S/c18-10-3-2-9(6-11(10)19)20-15(22)7-14-16(23)21-12-4-1-8(17(24)25)5-13(12)26-14/h1-6,14H,7H2,(H,20,22)(H,21,23)(H,24,25)/t14-/m1/s1. The van der Waals surface area contributed by atoms with Crippen molar-refractivity contribution in [1.82, 2.24) is 0 Å². The number of rotatable bonds is 4. The summed E-state index contributed by atoms with van der Waals surface area (Å²) in [6.45, 7) is 0. The number of benzene rings is 2. The smallest absolute Gasteiger partial charge is 0.335 e. The first-order chi connectivity index (χ1) is 12.3. The lowest BCUT2D eigenvalue weighted by Crippen LogP contribution is -2.32. The fraction of sp³-hybridized carbons (Fsp3) is 0.118. The van der Waals surface area contributed by atoms with E-state index in [1.54, 1.807) is 0 Å². The van der Waals surface area contributed by atoms with Crippen molar-refractivity contribution in [3.63, 3.8) is 0 Å². The second-order valence-electron chi connectivity index (χ2n) is 5.49. The van der Waals surface area contributed by atoms with E-state index in [1.165, 1.54) is 24.3 Å². The van der Waals surface area contributed by atoms with Crippen molar-refractivity contribution < 1.29 is 28.3 Å². The summed E-state index contributed by atoms with van der Waals surface area (Å²) in [7, 11) is 0. The van der Waals surface area contributed by atoms with Crippen LogP contribution >= 0.6 is 11.8 Å². The summed E-state index contributed by atoms with van der Waals surface area (Å²) in [4.78, 5) is 35.8. The number of aromatic carboxylic acids is 1. The molecule has 0 fully saturated rings. The third kappa shape index (κ3) is 3.83. The van der Waals surface area contributed by atoms with Crippen LogP contribution in [0.15, 0.2) is 41.3 Å². The molecule has 1 atom stereocenters. The highest BCUT2D eigenvalue weighted by molar-refractivity contribution is 8.01. The van der Waals surface area contributed by atoms with E-state index in [9.17, 15) is 23.2 Å². The minimum atomic E-state index is -1.10. The van der Waals surface area contributed by atoms with Gasteiger partial charge in [-0.2, -0.15) is 0 Å². The second kappa shape index (κ2) is 7.12. The molecule has 2 amide bonds. The molecule has 3 N–H and O–H groups in total. The van der Waals surface area contributed by atoms with Crippen molar-refractivity contribution in [2.24, 2.45) is 0 Å². The summed E-state index contributed by atoms with van der Waals surface area (Å²) in [5, 5.41) is 13.3. The SMILES string of the molecule is O=C(C[C@H]1Sc2cc(C(=O)O)ccc2NC1=O)Nc1ccc(F)c(F)c1. The van der Waals surface area contributed by atoms with Gasteiger partial charge < -0.3 is 15.7 Å². The Balaban J connectivity index is 1.70. The Morgan fingerprint density at radius 3 is 2.62 bits per heavy atom. The van der Waals surface area contributed by atoms with E-state index in [2.05, 4.69) is 10.6 Å². The van der Waals surface area contributed by atoms with Gasteiger partial charge in [-0.1, -0.05) is 0 Å². The van der Waals surface area contributed by atoms with Crippen LogP contribution in [0.4, 0.5) is 20.2 Å². The van der Waals surface area contributed by atoms with Crippen molar-refractivity contribution >= 4 is 40.9 Å². The molecule has 26 heavy (non-hydrogen) atoms. The molecule has 2 aromatic rings. The lowest BCUT2D eigenvalue weighted by Gasteiger charge is -2.24. The van der Waals surface area contributed by atoms with Crippen LogP contribution < -0.4 is 10.6 Å². The number of carbonyl (C=O) groups excluding carboxylic acids is 2. The topological polar surface area (TPSA) is 95.5 Å². The first-order valence-corrected chi connectivity index (χ1v) is 8.31. The van der Waals surface area contributed by atoms with Gasteiger partial charge in [-0.3, -0.25) is 9.59 Å². The molecule has 0 spiro atoms. The molecule has 0 bridgehead atoms. The van der Waals surface area contributed by atoms with Gasteiger partial charge in [0.1, 0.15) is 0 Å². The number of hydrogen-bond donors (Lipinski definition) is 3. The molecule has 3 rings (SSSR count). The van der Waals surface area contributed by atoms with Crippen LogP contribution in [0.2, 0.25) is 0 Å². The fourth-order valence-corrected chi connectivity index (χ4v) is 3.51. The highest BCUT2D eigenvalue weighted by Gasteiger charge is 2.29. The third-order valence-corrected chi connectivity index (χ3v) is 4.88. The maximum absolute atomic E-state index is 13.2. The first-order valence-electron chi connectivity index (χ1n) is 7.43. The fourth-order valence-electron chi connectivity index (χ4n) is 2.36. The number of carboxylic acid groups (broad SMARTS) is 1. The lowest BCUT2D eigenvalue weighted by molar-refractivity contribution is -0.120. The van der Waals surface area contributed by atoms with Gasteiger partial charge in [0.15, 0.2) is 11.6 Å². The summed E-state index contributed by atoms with van der Waals surface area (Å²) >= 11 is 1.07. The molecule has 0 saturated carbocycles. The largest absolute Gasteiger partial charge is 0.478 e. The van der Waals surface area contributed by atoms with Gasteiger partial charge in [-0.15, -0.1) is 11.8 Å². The van der Waals surface area contributed by atoms with E-state index in [4.69, 9.17) is 5.11 Å². The van der Waals surface area contributed by atoms with Gasteiger partial charge >= 0.3 is 5.97 Å². The number of thioether (sulfide) groups is 1. The van der Waals surface area contributed by atoms with Crippen LogP contribution in [0.25, 0.3) is 0 Å². The highest BCUT2D eigenvalue weighted by atomic mass is 32.2. The van der Waals surface area contributed by atoms with E-state index >= 15 is 0 Å². The summed E-state index contributed by atoms with van der Waals surface area (Å²) in [5.74, 6) is -4.18. The van der Waals surface area contributed by atoms with E-state index in [1.807, 2.05) is 0 Å². The molecule has 0 saturated heterocycles. The molecule has 1 aliphatic heterocycles. The summed E-state index contributed by atoms with van der Waals surface area (Å²) in [6, 6.07) is 7.21. The number of amides is 2. The predicted molar refractivity (Wildman–Crippen MR) is 91.3 cm³/mol. The lowest BCUT2D eigenvalue weighted by atomic mass is 10.2. The number of fused-ring (bicyclic) bond motifs is 1. The molecule has 1 heterocycles. The normalized spacial score (nSPS) is 15.8. The Hall–Kier alpha value is -2.94. The van der Waals surface area contributed by atoms with E-state index in [0.29, 0.717) is 10.6 Å². The summed E-state index contributed by atoms with van der Waals surface area (Å²) in [5.41, 5.74) is 0.614. The molecule has 9 heteroatoms. The summed E-state index contributed by atoms with van der Waals surface area (Å²) < 4.78 is 26.1. The van der Waals surface area contributed by atoms with Crippen LogP contribution in [-0.2, 0) is 9.59 Å². The van der Waals surface area contributed by atoms with Gasteiger partial charge in [0.25, 0.3) is 0 Å². The van der Waals surface area contributed by atoms with Crippen molar-refractivity contribution in [1.29, 1.82) is 0 Å². The Bertz CT molecular complexity index is 920. The molecule has 134 valence electrons. The van der Waals surface area contributed by atoms with E-state index in [-0.39, 0.29) is 17.7 Å². The Kier molecular flexibility index (Phi) is 4.90. The average Bonchev–Trinajstić information content (AvgIpc) is 2.58. The molecule has 0 aromatic heterocycles. The zero-order valence-corrected chi connectivity index (χ0v) is 13.9. The number of carbonyl (C=O) groups is 3. The number of carboxylic acids is 1. The molecular weight excluding hydrogens is 366 g/mol. The van der Waals surface area contributed by atoms with Crippen LogP contribution in [0.1, 0.15) is 16.8 Å². The molecule has 1 aliphatic rings. The van der Waals surface area contributed by atoms with Gasteiger partial charge in [0.05, 0.1) is 16.5 Å². The van der Waals surface area contributed by atoms with Gasteiger partial charge in [-0.25, -0.2) is 13.6 Å². The van der Waals surface area contributed by atoms with E-state index in [0.717, 1.165) is 23.9 Å². The van der Waals surface area contributed by atoms with Crippen LogP contribution in [-0.4, -0.2) is 28.1 Å². The number of halogens is 2. The maximum Gasteiger partial charge on any atom is 0.335 e. The first kappa shape index (κ1) is 17.9. The Morgan fingerprint density at radius 1 is 1.15 bits per heavy atom. The molecular formula is C17H12F2N2O4S. The molecule has 6 nitrogen and oxygen atoms in total. The van der Waals surface area contributed by atoms with Crippen molar-refractivity contribution in [3.05, 3.63) is 53.6 Å². The van der Waals surface area contributed by atoms with E-state index < -0.39 is 34.7 Å². The zero-order valence-electron chi connectivity index (χ0n) is 13.1. The van der Waals surface area contributed by atoms with Crippen LogP contribution in [0, 0.1) is 11.6 Å². The minimum absolute atomic E-state index is 0.0670. The zero-order chi connectivity index (χ0) is 18.8. The van der Waals surface area contributed by atoms with Crippen LogP contribution in [0.5, 0.6) is 0 Å². The van der Waals surface area contributed by atoms with Gasteiger partial charge in [0.2, 0.25) is 11.8 Å². The van der Waals surface area contributed by atoms with Gasteiger partial charge in [0, 0.05) is 23.1 Å². The van der Waals surface area contributed by atoms with Crippen LogP contribution in [0.3, 0.4) is 0 Å². The number of nitrogens with one attached hydrogen (secondary N) is 2. The quantitative estimate of drug-likeness (QED) is 0.760. The third-order valence-electron chi connectivity index (χ3n) is 3.62. The number of hydrogen-bond acceptors (Lipinski definition) is 4. The highest BCUT2D eigenvalue weighted by Crippen LogP contribution is 2.37. The molecule has 2 aromatic carbocycles. The number of anilines is 2. The van der Waals surface area contributed by atoms with Crippen molar-refractivity contribution in [2.45, 2.75) is 16.6 Å². The monoisotopic (exact) mass is 378 g/mol. The van der Waals surface area contributed by atoms with Crippen molar-refractivity contribution in [3.8, 4) is 0 Å². The maximum atomic E-state index is 13.2. The summed E-state index contributed by atoms with van der Waals surface area (Å²) in [6.07, 6.45) is -0.216.